The second kappa shape index (κ2) is 3.42. The highest BCUT2D eigenvalue weighted by atomic mass is 19.1. The first-order chi connectivity index (χ1) is 6.07. The largest absolute Gasteiger partial charge is 0.398 e. The molecule has 0 aliphatic heterocycles. The molecule has 0 amide bonds. The third-order valence-corrected chi connectivity index (χ3v) is 1.81. The fraction of sp³-hybridized carbons (Fsp3) is 0.222. The lowest BCUT2D eigenvalue weighted by atomic mass is 10.0. The van der Waals surface area contributed by atoms with Crippen LogP contribution in [0.3, 0.4) is 0 Å². The van der Waals surface area contributed by atoms with Crippen LogP contribution in [0.4, 0.5) is 10.1 Å². The van der Waals surface area contributed by atoms with Crippen LogP contribution in [0, 0.1) is 17.1 Å². The van der Waals surface area contributed by atoms with Gasteiger partial charge in [-0.15, -0.1) is 0 Å². The van der Waals surface area contributed by atoms with Crippen molar-refractivity contribution in [2.45, 2.75) is 13.0 Å². The van der Waals surface area contributed by atoms with Crippen molar-refractivity contribution in [3.05, 3.63) is 29.1 Å². The van der Waals surface area contributed by atoms with Gasteiger partial charge in [0.2, 0.25) is 0 Å². The Morgan fingerprint density at radius 2 is 2.15 bits per heavy atom. The highest BCUT2D eigenvalue weighted by molar-refractivity contribution is 5.56. The van der Waals surface area contributed by atoms with Crippen molar-refractivity contribution in [2.24, 2.45) is 5.73 Å². The van der Waals surface area contributed by atoms with Crippen molar-refractivity contribution in [3.8, 4) is 6.07 Å². The summed E-state index contributed by atoms with van der Waals surface area (Å²) in [6, 6.07) is 4.25. The molecule has 0 unspecified atom stereocenters. The fourth-order valence-corrected chi connectivity index (χ4v) is 1.07. The van der Waals surface area contributed by atoms with E-state index in [9.17, 15) is 4.39 Å². The van der Waals surface area contributed by atoms with Gasteiger partial charge in [-0.05, 0) is 13.0 Å². The number of hydrogen-bond donors (Lipinski definition) is 2. The summed E-state index contributed by atoms with van der Waals surface area (Å²) in [4.78, 5) is 0. The lowest BCUT2D eigenvalue weighted by Crippen LogP contribution is -2.09. The highest BCUT2D eigenvalue weighted by Gasteiger charge is 2.13. The molecule has 68 valence electrons. The summed E-state index contributed by atoms with van der Waals surface area (Å²) in [7, 11) is 0. The first-order valence-electron chi connectivity index (χ1n) is 3.81. The van der Waals surface area contributed by atoms with Crippen molar-refractivity contribution in [2.75, 3.05) is 5.73 Å². The van der Waals surface area contributed by atoms with Crippen LogP contribution in [-0.2, 0) is 0 Å². The van der Waals surface area contributed by atoms with Gasteiger partial charge in [0.1, 0.15) is 17.4 Å². The SMILES string of the molecule is C[C@@H](N)c1ccc(N)c(C#N)c1F. The summed E-state index contributed by atoms with van der Waals surface area (Å²) < 4.78 is 13.4. The van der Waals surface area contributed by atoms with E-state index in [1.165, 1.54) is 12.1 Å². The second-order valence-electron chi connectivity index (χ2n) is 2.83. The zero-order valence-electron chi connectivity index (χ0n) is 7.21. The molecule has 1 rings (SSSR count). The molecular weight excluding hydrogens is 169 g/mol. The van der Waals surface area contributed by atoms with Gasteiger partial charge in [0.05, 0.1) is 5.69 Å². The molecule has 3 nitrogen and oxygen atoms in total. The molecule has 4 N–H and O–H groups in total. The average molecular weight is 179 g/mol. The molecule has 1 aromatic rings. The molecule has 0 radical (unpaired) electrons. The highest BCUT2D eigenvalue weighted by Crippen LogP contribution is 2.22. The van der Waals surface area contributed by atoms with E-state index in [0.29, 0.717) is 5.56 Å². The summed E-state index contributed by atoms with van der Waals surface area (Å²) in [5, 5.41) is 8.59. The van der Waals surface area contributed by atoms with E-state index < -0.39 is 11.9 Å². The van der Waals surface area contributed by atoms with E-state index >= 15 is 0 Å². The maximum Gasteiger partial charge on any atom is 0.147 e. The van der Waals surface area contributed by atoms with Crippen LogP contribution in [0.15, 0.2) is 12.1 Å². The molecule has 0 saturated heterocycles. The Balaban J connectivity index is 3.38. The van der Waals surface area contributed by atoms with E-state index in [0.717, 1.165) is 0 Å². The zero-order chi connectivity index (χ0) is 10.0. The molecular formula is C9H10FN3. The predicted molar refractivity (Wildman–Crippen MR) is 48.1 cm³/mol. The normalized spacial score (nSPS) is 12.2. The molecule has 1 atom stereocenters. The minimum atomic E-state index is -0.613. The van der Waals surface area contributed by atoms with Crippen LogP contribution in [0.2, 0.25) is 0 Å². The van der Waals surface area contributed by atoms with Crippen LogP contribution in [0.1, 0.15) is 24.1 Å². The lowest BCUT2D eigenvalue weighted by Gasteiger charge is -2.08. The lowest BCUT2D eigenvalue weighted by molar-refractivity contribution is 0.591. The van der Waals surface area contributed by atoms with Gasteiger partial charge >= 0.3 is 0 Å². The number of hydrogen-bond acceptors (Lipinski definition) is 3. The number of nitrogen functional groups attached to an aromatic ring is 1. The Morgan fingerprint density at radius 1 is 1.54 bits per heavy atom. The van der Waals surface area contributed by atoms with E-state index in [4.69, 9.17) is 16.7 Å². The minimum absolute atomic E-state index is 0.130. The van der Waals surface area contributed by atoms with Crippen LogP contribution in [0.25, 0.3) is 0 Å². The zero-order valence-corrected chi connectivity index (χ0v) is 7.21. The van der Waals surface area contributed by atoms with Crippen LogP contribution < -0.4 is 11.5 Å². The Bertz CT molecular complexity index is 366. The molecule has 0 fully saturated rings. The maximum atomic E-state index is 13.4. The number of nitrogens with zero attached hydrogens (tertiary/aromatic N) is 1. The third kappa shape index (κ3) is 1.60. The molecule has 0 aliphatic carbocycles. The fourth-order valence-electron chi connectivity index (χ4n) is 1.07. The first-order valence-corrected chi connectivity index (χ1v) is 3.81. The monoisotopic (exact) mass is 179 g/mol. The third-order valence-electron chi connectivity index (χ3n) is 1.81. The topological polar surface area (TPSA) is 75.8 Å². The van der Waals surface area contributed by atoms with Gasteiger partial charge in [-0.3, -0.25) is 0 Å². The summed E-state index contributed by atoms with van der Waals surface area (Å²) in [5.41, 5.74) is 11.2. The molecule has 0 aromatic heterocycles. The van der Waals surface area contributed by atoms with Crippen LogP contribution >= 0.6 is 0 Å². The Morgan fingerprint density at radius 3 is 2.62 bits per heavy atom. The van der Waals surface area contributed by atoms with E-state index in [-0.39, 0.29) is 11.3 Å². The van der Waals surface area contributed by atoms with Crippen molar-refractivity contribution in [1.29, 1.82) is 5.26 Å². The molecule has 1 aromatic carbocycles. The molecule has 0 bridgehead atoms. The molecule has 4 heteroatoms. The van der Waals surface area contributed by atoms with Gasteiger partial charge in [0, 0.05) is 11.6 Å². The van der Waals surface area contributed by atoms with Crippen molar-refractivity contribution >= 4 is 5.69 Å². The predicted octanol–water partition coefficient (Wildman–Crippen LogP) is 1.30. The Hall–Kier alpha value is -1.60. The number of benzene rings is 1. The van der Waals surface area contributed by atoms with Crippen molar-refractivity contribution < 1.29 is 4.39 Å². The summed E-state index contributed by atoms with van der Waals surface area (Å²) >= 11 is 0. The van der Waals surface area contributed by atoms with Crippen molar-refractivity contribution in [1.82, 2.24) is 0 Å². The van der Waals surface area contributed by atoms with E-state index in [1.807, 2.05) is 0 Å². The first kappa shape index (κ1) is 9.49. The number of rotatable bonds is 1. The van der Waals surface area contributed by atoms with Gasteiger partial charge in [-0.25, -0.2) is 4.39 Å². The Kier molecular flexibility index (Phi) is 2.49. The van der Waals surface area contributed by atoms with Gasteiger partial charge in [0.15, 0.2) is 0 Å². The summed E-state index contributed by atoms with van der Waals surface area (Å²) in [5.74, 6) is -0.613. The van der Waals surface area contributed by atoms with Crippen LogP contribution in [-0.4, -0.2) is 0 Å². The number of nitriles is 1. The standard InChI is InChI=1S/C9H10FN3/c1-5(12)6-2-3-8(13)7(4-11)9(6)10/h2-3,5H,12-13H2,1H3/t5-/m1/s1. The number of nitrogens with two attached hydrogens (primary N) is 2. The summed E-state index contributed by atoms with van der Waals surface area (Å²) in [6.45, 7) is 1.65. The minimum Gasteiger partial charge on any atom is -0.398 e. The van der Waals surface area contributed by atoms with Gasteiger partial charge in [0.25, 0.3) is 0 Å². The number of anilines is 1. The summed E-state index contributed by atoms with van der Waals surface area (Å²) in [6.07, 6.45) is 0. The molecule has 0 saturated carbocycles. The van der Waals surface area contributed by atoms with Gasteiger partial charge in [-0.2, -0.15) is 5.26 Å². The maximum absolute atomic E-state index is 13.4. The second-order valence-corrected chi connectivity index (χ2v) is 2.83. The van der Waals surface area contributed by atoms with Gasteiger partial charge < -0.3 is 11.5 Å². The Labute approximate surface area is 75.8 Å². The molecule has 0 spiro atoms. The smallest absolute Gasteiger partial charge is 0.147 e. The molecule has 13 heavy (non-hydrogen) atoms. The molecule has 0 heterocycles. The average Bonchev–Trinajstić information content (AvgIpc) is 2.04. The van der Waals surface area contributed by atoms with E-state index in [1.54, 1.807) is 13.0 Å². The van der Waals surface area contributed by atoms with Crippen LogP contribution in [0.5, 0.6) is 0 Å². The van der Waals surface area contributed by atoms with Gasteiger partial charge in [-0.1, -0.05) is 6.07 Å². The van der Waals surface area contributed by atoms with E-state index in [2.05, 4.69) is 0 Å². The number of halogens is 1. The molecule has 0 aliphatic rings. The quantitative estimate of drug-likeness (QED) is 0.638. The van der Waals surface area contributed by atoms with Crippen molar-refractivity contribution in [3.63, 3.8) is 0 Å².